The first-order valence-corrected chi connectivity index (χ1v) is 9.06. The molecule has 8 nitrogen and oxygen atoms in total. The van der Waals surface area contributed by atoms with Crippen molar-refractivity contribution in [2.45, 2.75) is 6.42 Å². The van der Waals surface area contributed by atoms with Gasteiger partial charge in [0.2, 0.25) is 5.91 Å². The summed E-state index contributed by atoms with van der Waals surface area (Å²) >= 11 is 0. The SMILES string of the molecule is O=C(Cc1ccc(N2C(=O)c3ccccc3C2=O)cc1)Nc1ccccc1[N+](=O)[O-]. The lowest BCUT2D eigenvalue weighted by Gasteiger charge is -2.14. The fourth-order valence-electron chi connectivity index (χ4n) is 3.30. The van der Waals surface area contributed by atoms with E-state index in [4.69, 9.17) is 0 Å². The Morgan fingerprint density at radius 1 is 0.867 bits per heavy atom. The van der Waals surface area contributed by atoms with Crippen molar-refractivity contribution in [2.75, 3.05) is 10.2 Å². The summed E-state index contributed by atoms with van der Waals surface area (Å²) in [5, 5.41) is 13.6. The number of hydrogen-bond acceptors (Lipinski definition) is 5. The molecule has 1 heterocycles. The van der Waals surface area contributed by atoms with E-state index in [1.807, 2.05) is 0 Å². The molecule has 0 bridgehead atoms. The Labute approximate surface area is 170 Å². The highest BCUT2D eigenvalue weighted by molar-refractivity contribution is 6.34. The number of fused-ring (bicyclic) bond motifs is 1. The van der Waals surface area contributed by atoms with Crippen molar-refractivity contribution in [1.82, 2.24) is 0 Å². The summed E-state index contributed by atoms with van der Waals surface area (Å²) in [6.07, 6.45) is -0.0194. The minimum absolute atomic E-state index is 0.0194. The van der Waals surface area contributed by atoms with E-state index < -0.39 is 22.6 Å². The number of benzene rings is 3. The van der Waals surface area contributed by atoms with Gasteiger partial charge in [-0.05, 0) is 35.9 Å². The molecule has 1 aliphatic rings. The molecule has 0 unspecified atom stereocenters. The normalized spacial score (nSPS) is 12.6. The number of carbonyl (C=O) groups excluding carboxylic acids is 3. The van der Waals surface area contributed by atoms with Gasteiger partial charge in [-0.3, -0.25) is 24.5 Å². The molecule has 0 radical (unpaired) electrons. The number of amides is 3. The summed E-state index contributed by atoms with van der Waals surface area (Å²) in [4.78, 5) is 49.0. The second-order valence-electron chi connectivity index (χ2n) is 6.66. The van der Waals surface area contributed by atoms with Crippen LogP contribution in [0.2, 0.25) is 0 Å². The molecule has 8 heteroatoms. The Bertz CT molecular complexity index is 1150. The van der Waals surface area contributed by atoms with E-state index in [1.165, 1.54) is 18.2 Å². The highest BCUT2D eigenvalue weighted by Gasteiger charge is 2.36. The molecule has 0 aliphatic carbocycles. The zero-order valence-electron chi connectivity index (χ0n) is 15.6. The van der Waals surface area contributed by atoms with Gasteiger partial charge in [0.15, 0.2) is 0 Å². The third kappa shape index (κ3) is 3.42. The number of rotatable bonds is 5. The average molecular weight is 401 g/mol. The number of nitro benzene ring substituents is 1. The van der Waals surface area contributed by atoms with Crippen molar-refractivity contribution in [3.8, 4) is 0 Å². The molecule has 3 aromatic rings. The van der Waals surface area contributed by atoms with E-state index in [2.05, 4.69) is 5.32 Å². The van der Waals surface area contributed by atoms with Crippen molar-refractivity contribution in [1.29, 1.82) is 0 Å². The van der Waals surface area contributed by atoms with Crippen LogP contribution >= 0.6 is 0 Å². The van der Waals surface area contributed by atoms with Gasteiger partial charge in [0, 0.05) is 6.07 Å². The van der Waals surface area contributed by atoms with E-state index in [0.717, 1.165) is 4.90 Å². The van der Waals surface area contributed by atoms with Crippen LogP contribution in [0.3, 0.4) is 0 Å². The van der Waals surface area contributed by atoms with Crippen molar-refractivity contribution in [3.05, 3.63) is 99.6 Å². The highest BCUT2D eigenvalue weighted by Crippen LogP contribution is 2.28. The van der Waals surface area contributed by atoms with Gasteiger partial charge in [0.05, 0.1) is 28.2 Å². The fraction of sp³-hybridized carbons (Fsp3) is 0.0455. The first-order chi connectivity index (χ1) is 14.5. The maximum absolute atomic E-state index is 12.5. The van der Waals surface area contributed by atoms with Crippen LogP contribution in [0.15, 0.2) is 72.8 Å². The van der Waals surface area contributed by atoms with Crippen LogP contribution in [0.5, 0.6) is 0 Å². The summed E-state index contributed by atoms with van der Waals surface area (Å²) < 4.78 is 0. The molecule has 148 valence electrons. The number of nitrogens with one attached hydrogen (secondary N) is 1. The van der Waals surface area contributed by atoms with E-state index in [9.17, 15) is 24.5 Å². The second-order valence-corrected chi connectivity index (χ2v) is 6.66. The average Bonchev–Trinajstić information content (AvgIpc) is 2.99. The molecule has 0 spiro atoms. The largest absolute Gasteiger partial charge is 0.320 e. The molecule has 3 amide bonds. The van der Waals surface area contributed by atoms with E-state index in [1.54, 1.807) is 54.6 Å². The quantitative estimate of drug-likeness (QED) is 0.399. The number of nitro groups is 1. The van der Waals surface area contributed by atoms with Gasteiger partial charge in [0.25, 0.3) is 17.5 Å². The fourth-order valence-corrected chi connectivity index (χ4v) is 3.30. The lowest BCUT2D eigenvalue weighted by molar-refractivity contribution is -0.383. The van der Waals surface area contributed by atoms with Gasteiger partial charge in [-0.2, -0.15) is 0 Å². The Morgan fingerprint density at radius 3 is 2.03 bits per heavy atom. The minimum atomic E-state index is -0.563. The summed E-state index contributed by atoms with van der Waals surface area (Å²) in [6, 6.07) is 19.0. The maximum Gasteiger partial charge on any atom is 0.292 e. The smallest absolute Gasteiger partial charge is 0.292 e. The molecule has 0 saturated carbocycles. The Balaban J connectivity index is 1.47. The van der Waals surface area contributed by atoms with Gasteiger partial charge < -0.3 is 5.32 Å². The number of carbonyl (C=O) groups is 3. The number of anilines is 2. The zero-order valence-corrected chi connectivity index (χ0v) is 15.6. The van der Waals surface area contributed by atoms with Crippen molar-refractivity contribution in [2.24, 2.45) is 0 Å². The molecular formula is C22H15N3O5. The predicted molar refractivity (Wildman–Crippen MR) is 109 cm³/mol. The minimum Gasteiger partial charge on any atom is -0.320 e. The molecule has 0 aromatic heterocycles. The van der Waals surface area contributed by atoms with E-state index in [0.29, 0.717) is 22.4 Å². The van der Waals surface area contributed by atoms with Crippen molar-refractivity contribution >= 4 is 34.8 Å². The van der Waals surface area contributed by atoms with Gasteiger partial charge in [-0.1, -0.05) is 36.4 Å². The molecule has 0 atom stereocenters. The number of hydrogen-bond donors (Lipinski definition) is 1. The molecule has 3 aromatic carbocycles. The summed E-state index contributed by atoms with van der Waals surface area (Å²) in [5.74, 6) is -1.20. The monoisotopic (exact) mass is 401 g/mol. The topological polar surface area (TPSA) is 110 Å². The summed E-state index contributed by atoms with van der Waals surface area (Å²) in [5.41, 5.74) is 1.68. The van der Waals surface area contributed by atoms with E-state index >= 15 is 0 Å². The lowest BCUT2D eigenvalue weighted by atomic mass is 10.1. The Morgan fingerprint density at radius 2 is 1.43 bits per heavy atom. The van der Waals surface area contributed by atoms with Crippen LogP contribution in [-0.2, 0) is 11.2 Å². The third-order valence-electron chi connectivity index (χ3n) is 4.73. The summed E-state index contributed by atoms with van der Waals surface area (Å²) in [6.45, 7) is 0. The molecule has 0 saturated heterocycles. The Kier molecular flexibility index (Phi) is 4.81. The highest BCUT2D eigenvalue weighted by atomic mass is 16.6. The Hall–Kier alpha value is -4.33. The first kappa shape index (κ1) is 19.0. The van der Waals surface area contributed by atoms with Crippen LogP contribution in [0.1, 0.15) is 26.3 Å². The molecular weight excluding hydrogens is 386 g/mol. The number of para-hydroxylation sites is 2. The van der Waals surface area contributed by atoms with Gasteiger partial charge >= 0.3 is 0 Å². The lowest BCUT2D eigenvalue weighted by Crippen LogP contribution is -2.29. The third-order valence-corrected chi connectivity index (χ3v) is 4.73. The molecule has 4 rings (SSSR count). The molecule has 1 N–H and O–H groups in total. The van der Waals surface area contributed by atoms with Crippen molar-refractivity contribution in [3.63, 3.8) is 0 Å². The first-order valence-electron chi connectivity index (χ1n) is 9.06. The van der Waals surface area contributed by atoms with Crippen molar-refractivity contribution < 1.29 is 19.3 Å². The van der Waals surface area contributed by atoms with Crippen LogP contribution in [0.4, 0.5) is 17.1 Å². The second kappa shape index (κ2) is 7.59. The maximum atomic E-state index is 12.5. The molecule has 30 heavy (non-hydrogen) atoms. The van der Waals surface area contributed by atoms with Crippen LogP contribution in [0.25, 0.3) is 0 Å². The van der Waals surface area contributed by atoms with Crippen LogP contribution in [0, 0.1) is 10.1 Å². The van der Waals surface area contributed by atoms with Gasteiger partial charge in [-0.25, -0.2) is 4.90 Å². The summed E-state index contributed by atoms with van der Waals surface area (Å²) in [7, 11) is 0. The standard InChI is InChI=1S/C22H15N3O5/c26-20(23-18-7-3-4-8-19(18)25(29)30)13-14-9-11-15(12-10-14)24-21(27)16-5-1-2-6-17(16)22(24)28/h1-12H,13H2,(H,23,26). The van der Waals surface area contributed by atoms with Gasteiger partial charge in [-0.15, -0.1) is 0 Å². The number of nitrogens with zero attached hydrogens (tertiary/aromatic N) is 2. The van der Waals surface area contributed by atoms with Crippen LogP contribution < -0.4 is 10.2 Å². The van der Waals surface area contributed by atoms with Gasteiger partial charge in [0.1, 0.15) is 5.69 Å². The predicted octanol–water partition coefficient (Wildman–Crippen LogP) is 3.58. The molecule has 1 aliphatic heterocycles. The van der Waals surface area contributed by atoms with E-state index in [-0.39, 0.29) is 17.8 Å². The molecule has 0 fully saturated rings. The van der Waals surface area contributed by atoms with Crippen LogP contribution in [-0.4, -0.2) is 22.6 Å². The number of imide groups is 1. The zero-order chi connectivity index (χ0) is 21.3.